The van der Waals surface area contributed by atoms with Crippen LogP contribution in [0.3, 0.4) is 0 Å². The van der Waals surface area contributed by atoms with E-state index in [2.05, 4.69) is 10.1 Å². The lowest BCUT2D eigenvalue weighted by Crippen LogP contribution is -1.85. The van der Waals surface area contributed by atoms with Crippen molar-refractivity contribution in [2.45, 2.75) is 0 Å². The van der Waals surface area contributed by atoms with Crippen molar-refractivity contribution in [3.8, 4) is 28.6 Å². The number of nitrogens with two attached hydrogens (primary N) is 1. The van der Waals surface area contributed by atoms with Gasteiger partial charge in [0.15, 0.2) is 0 Å². The third kappa shape index (κ3) is 2.33. The molecule has 0 radical (unpaired) electrons. The zero-order valence-electron chi connectivity index (χ0n) is 10.9. The van der Waals surface area contributed by atoms with E-state index in [9.17, 15) is 0 Å². The third-order valence-electron chi connectivity index (χ3n) is 2.93. The molecular formula is C15H13N3O2. The highest BCUT2D eigenvalue weighted by Gasteiger charge is 2.10. The lowest BCUT2D eigenvalue weighted by molar-refractivity contribution is 0.414. The van der Waals surface area contributed by atoms with Crippen molar-refractivity contribution < 1.29 is 9.26 Å². The van der Waals surface area contributed by atoms with Gasteiger partial charge in [-0.15, -0.1) is 0 Å². The van der Waals surface area contributed by atoms with E-state index in [1.54, 1.807) is 19.2 Å². The number of benzene rings is 2. The minimum Gasteiger partial charge on any atom is -0.497 e. The molecule has 0 amide bonds. The first-order chi connectivity index (χ1) is 9.76. The molecule has 0 saturated heterocycles. The molecule has 20 heavy (non-hydrogen) atoms. The number of nitrogen functional groups attached to an aromatic ring is 1. The fourth-order valence-electron chi connectivity index (χ4n) is 1.82. The van der Waals surface area contributed by atoms with E-state index in [-0.39, 0.29) is 0 Å². The number of hydrogen-bond donors (Lipinski definition) is 1. The maximum absolute atomic E-state index is 5.65. The summed E-state index contributed by atoms with van der Waals surface area (Å²) in [6, 6.07) is 14.8. The van der Waals surface area contributed by atoms with Crippen molar-refractivity contribution >= 4 is 5.69 Å². The second-order valence-corrected chi connectivity index (χ2v) is 4.27. The Morgan fingerprint density at radius 1 is 0.950 bits per heavy atom. The van der Waals surface area contributed by atoms with Crippen molar-refractivity contribution in [3.63, 3.8) is 0 Å². The molecule has 0 unspecified atom stereocenters. The monoisotopic (exact) mass is 267 g/mol. The van der Waals surface area contributed by atoms with E-state index in [1.807, 2.05) is 36.4 Å². The molecule has 0 saturated carbocycles. The number of nitrogens with zero attached hydrogens (tertiary/aromatic N) is 2. The van der Waals surface area contributed by atoms with Crippen LogP contribution in [0.5, 0.6) is 5.75 Å². The van der Waals surface area contributed by atoms with Crippen molar-refractivity contribution in [2.24, 2.45) is 0 Å². The molecule has 0 fully saturated rings. The van der Waals surface area contributed by atoms with Crippen LogP contribution in [-0.2, 0) is 0 Å². The molecule has 2 aromatic carbocycles. The first-order valence-electron chi connectivity index (χ1n) is 6.10. The van der Waals surface area contributed by atoms with Crippen molar-refractivity contribution in [1.82, 2.24) is 10.1 Å². The normalized spacial score (nSPS) is 10.4. The van der Waals surface area contributed by atoms with Gasteiger partial charge in [0.05, 0.1) is 7.11 Å². The van der Waals surface area contributed by atoms with Gasteiger partial charge in [-0.2, -0.15) is 4.98 Å². The van der Waals surface area contributed by atoms with Gasteiger partial charge in [0, 0.05) is 16.8 Å². The molecule has 100 valence electrons. The average molecular weight is 267 g/mol. The second-order valence-electron chi connectivity index (χ2n) is 4.27. The lowest BCUT2D eigenvalue weighted by atomic mass is 10.2. The van der Waals surface area contributed by atoms with Gasteiger partial charge < -0.3 is 15.0 Å². The zero-order valence-corrected chi connectivity index (χ0v) is 10.9. The Bertz CT molecular complexity index is 703. The summed E-state index contributed by atoms with van der Waals surface area (Å²) in [5, 5.41) is 3.98. The minimum atomic E-state index is 0.472. The third-order valence-corrected chi connectivity index (χ3v) is 2.93. The summed E-state index contributed by atoms with van der Waals surface area (Å²) < 4.78 is 10.4. The van der Waals surface area contributed by atoms with Crippen molar-refractivity contribution in [2.75, 3.05) is 12.8 Å². The standard InChI is InChI=1S/C15H13N3O2/c1-19-13-8-4-11(5-9-13)15-17-14(18-20-15)10-2-6-12(16)7-3-10/h2-9H,16H2,1H3. The molecule has 0 bridgehead atoms. The predicted molar refractivity (Wildman–Crippen MR) is 76.1 cm³/mol. The lowest BCUT2D eigenvalue weighted by Gasteiger charge is -1.98. The van der Waals surface area contributed by atoms with Gasteiger partial charge in [-0.1, -0.05) is 5.16 Å². The van der Waals surface area contributed by atoms with E-state index in [0.29, 0.717) is 17.4 Å². The van der Waals surface area contributed by atoms with Crippen LogP contribution in [0.2, 0.25) is 0 Å². The van der Waals surface area contributed by atoms with Gasteiger partial charge in [0.1, 0.15) is 5.75 Å². The van der Waals surface area contributed by atoms with Gasteiger partial charge in [-0.05, 0) is 48.5 Å². The van der Waals surface area contributed by atoms with E-state index in [4.69, 9.17) is 15.0 Å². The molecule has 2 N–H and O–H groups in total. The first-order valence-corrected chi connectivity index (χ1v) is 6.10. The number of rotatable bonds is 3. The summed E-state index contributed by atoms with van der Waals surface area (Å²) >= 11 is 0. The maximum Gasteiger partial charge on any atom is 0.258 e. The topological polar surface area (TPSA) is 74.2 Å². The number of anilines is 1. The average Bonchev–Trinajstić information content (AvgIpc) is 2.98. The molecule has 3 aromatic rings. The Balaban J connectivity index is 1.91. The van der Waals surface area contributed by atoms with Crippen LogP contribution in [0.15, 0.2) is 53.1 Å². The fourth-order valence-corrected chi connectivity index (χ4v) is 1.82. The number of hydrogen-bond acceptors (Lipinski definition) is 5. The van der Waals surface area contributed by atoms with Crippen LogP contribution in [0, 0.1) is 0 Å². The van der Waals surface area contributed by atoms with Crippen LogP contribution in [0.25, 0.3) is 22.8 Å². The molecule has 1 aromatic heterocycles. The minimum absolute atomic E-state index is 0.472. The fraction of sp³-hybridized carbons (Fsp3) is 0.0667. The summed E-state index contributed by atoms with van der Waals surface area (Å²) in [6.45, 7) is 0. The van der Waals surface area contributed by atoms with Gasteiger partial charge in [-0.3, -0.25) is 0 Å². The summed E-state index contributed by atoms with van der Waals surface area (Å²) in [7, 11) is 1.63. The molecule has 5 nitrogen and oxygen atoms in total. The van der Waals surface area contributed by atoms with Crippen LogP contribution >= 0.6 is 0 Å². The van der Waals surface area contributed by atoms with Gasteiger partial charge in [0.2, 0.25) is 5.82 Å². The summed E-state index contributed by atoms with van der Waals surface area (Å²) in [4.78, 5) is 4.38. The van der Waals surface area contributed by atoms with Gasteiger partial charge >= 0.3 is 0 Å². The van der Waals surface area contributed by atoms with Gasteiger partial charge in [-0.25, -0.2) is 0 Å². The Morgan fingerprint density at radius 2 is 1.60 bits per heavy atom. The predicted octanol–water partition coefficient (Wildman–Crippen LogP) is 2.99. The van der Waals surface area contributed by atoms with Gasteiger partial charge in [0.25, 0.3) is 5.89 Å². The largest absolute Gasteiger partial charge is 0.497 e. The Hall–Kier alpha value is -2.82. The van der Waals surface area contributed by atoms with Crippen LogP contribution in [-0.4, -0.2) is 17.3 Å². The molecular weight excluding hydrogens is 254 g/mol. The van der Waals surface area contributed by atoms with E-state index in [1.165, 1.54) is 0 Å². The van der Waals surface area contributed by atoms with E-state index in [0.717, 1.165) is 16.9 Å². The molecule has 0 spiro atoms. The molecule has 0 atom stereocenters. The second kappa shape index (κ2) is 5.05. The van der Waals surface area contributed by atoms with Crippen LogP contribution < -0.4 is 10.5 Å². The summed E-state index contributed by atoms with van der Waals surface area (Å²) in [5.74, 6) is 1.79. The molecule has 1 heterocycles. The highest BCUT2D eigenvalue weighted by molar-refractivity contribution is 5.62. The first kappa shape index (κ1) is 12.2. The highest BCUT2D eigenvalue weighted by Crippen LogP contribution is 2.24. The molecule has 3 rings (SSSR count). The zero-order chi connectivity index (χ0) is 13.9. The van der Waals surface area contributed by atoms with E-state index >= 15 is 0 Å². The van der Waals surface area contributed by atoms with Crippen molar-refractivity contribution in [1.29, 1.82) is 0 Å². The quantitative estimate of drug-likeness (QED) is 0.738. The number of aromatic nitrogens is 2. The van der Waals surface area contributed by atoms with E-state index < -0.39 is 0 Å². The Labute approximate surface area is 116 Å². The van der Waals surface area contributed by atoms with Crippen molar-refractivity contribution in [3.05, 3.63) is 48.5 Å². The maximum atomic E-state index is 5.65. The SMILES string of the molecule is COc1ccc(-c2nc(-c3ccc(N)cc3)no2)cc1. The number of methoxy groups -OCH3 is 1. The molecule has 0 aliphatic carbocycles. The number of ether oxygens (including phenoxy) is 1. The molecule has 0 aliphatic heterocycles. The van der Waals surface area contributed by atoms with Crippen LogP contribution in [0.4, 0.5) is 5.69 Å². The molecule has 5 heteroatoms. The summed E-state index contributed by atoms with van der Waals surface area (Å²) in [6.07, 6.45) is 0. The van der Waals surface area contributed by atoms with Crippen LogP contribution in [0.1, 0.15) is 0 Å². The smallest absolute Gasteiger partial charge is 0.258 e. The Morgan fingerprint density at radius 3 is 2.25 bits per heavy atom. The summed E-state index contributed by atoms with van der Waals surface area (Å²) in [5.41, 5.74) is 8.06. The highest BCUT2D eigenvalue weighted by atomic mass is 16.5. The molecule has 0 aliphatic rings. The Kier molecular flexibility index (Phi) is 3.09.